The van der Waals surface area contributed by atoms with Gasteiger partial charge in [-0.3, -0.25) is 4.79 Å². The van der Waals surface area contributed by atoms with Gasteiger partial charge in [0.15, 0.2) is 0 Å². The van der Waals surface area contributed by atoms with Crippen LogP contribution in [0.25, 0.3) is 11.3 Å². The van der Waals surface area contributed by atoms with E-state index in [0.717, 1.165) is 17.7 Å². The molecule has 0 aliphatic carbocycles. The van der Waals surface area contributed by atoms with Crippen LogP contribution in [0.5, 0.6) is 5.88 Å². The fraction of sp³-hybridized carbons (Fsp3) is 0.286. The van der Waals surface area contributed by atoms with Gasteiger partial charge in [0.25, 0.3) is 0 Å². The molecule has 0 aliphatic heterocycles. The molecule has 2 N–H and O–H groups in total. The number of aromatic nitrogens is 2. The van der Waals surface area contributed by atoms with Crippen LogP contribution < -0.4 is 5.32 Å². The molecule has 2 aromatic rings. The second kappa shape index (κ2) is 5.56. The number of carbonyl (C=O) groups excluding carboxylic acids is 1. The lowest BCUT2D eigenvalue weighted by Gasteiger charge is -2.03. The first-order valence-corrected chi connectivity index (χ1v) is 6.25. The molecule has 0 spiro atoms. The molecule has 0 saturated carbocycles. The zero-order valence-electron chi connectivity index (χ0n) is 11.1. The summed E-state index contributed by atoms with van der Waals surface area (Å²) in [6.45, 7) is 4.17. The van der Waals surface area contributed by atoms with E-state index >= 15 is 0 Å². The van der Waals surface area contributed by atoms with E-state index in [1.54, 1.807) is 10.7 Å². The molecule has 1 aromatic carbocycles. The predicted octanol–water partition coefficient (Wildman–Crippen LogP) is 2.62. The van der Waals surface area contributed by atoms with Gasteiger partial charge in [0.2, 0.25) is 11.8 Å². The third-order valence-corrected chi connectivity index (χ3v) is 2.67. The highest BCUT2D eigenvalue weighted by Crippen LogP contribution is 2.25. The Hall–Kier alpha value is -2.30. The highest BCUT2D eigenvalue weighted by Gasteiger charge is 2.08. The molecule has 5 heteroatoms. The molecule has 0 atom stereocenters. The van der Waals surface area contributed by atoms with Gasteiger partial charge in [0.1, 0.15) is 0 Å². The number of aryl methyl sites for hydroxylation is 1. The lowest BCUT2D eigenvalue weighted by atomic mass is 10.1. The predicted molar refractivity (Wildman–Crippen MR) is 73.9 cm³/mol. The Morgan fingerprint density at radius 3 is 2.89 bits per heavy atom. The van der Waals surface area contributed by atoms with E-state index in [-0.39, 0.29) is 11.8 Å². The molecular weight excluding hydrogens is 242 g/mol. The van der Waals surface area contributed by atoms with E-state index in [4.69, 9.17) is 0 Å². The molecule has 0 aliphatic rings. The van der Waals surface area contributed by atoms with Crippen molar-refractivity contribution in [1.29, 1.82) is 0 Å². The minimum absolute atomic E-state index is 0.114. The number of aromatic hydroxyl groups is 1. The third kappa shape index (κ3) is 3.13. The minimum atomic E-state index is -0.114. The van der Waals surface area contributed by atoms with Gasteiger partial charge in [0.05, 0.1) is 5.69 Å². The monoisotopic (exact) mass is 259 g/mol. The Labute approximate surface area is 111 Å². The van der Waals surface area contributed by atoms with Crippen molar-refractivity contribution in [3.05, 3.63) is 30.3 Å². The first-order chi connectivity index (χ1) is 9.10. The van der Waals surface area contributed by atoms with Crippen molar-refractivity contribution in [2.24, 2.45) is 0 Å². The zero-order valence-corrected chi connectivity index (χ0v) is 11.1. The number of rotatable bonds is 4. The molecule has 0 saturated heterocycles. The maximum Gasteiger partial charge on any atom is 0.221 e. The van der Waals surface area contributed by atoms with E-state index in [1.165, 1.54) is 6.92 Å². The molecular formula is C14H17N3O2. The molecule has 5 nitrogen and oxygen atoms in total. The van der Waals surface area contributed by atoms with E-state index in [0.29, 0.717) is 12.2 Å². The fourth-order valence-electron chi connectivity index (χ4n) is 1.88. The smallest absolute Gasteiger partial charge is 0.221 e. The van der Waals surface area contributed by atoms with Crippen molar-refractivity contribution in [1.82, 2.24) is 9.78 Å². The molecule has 1 heterocycles. The Kier molecular flexibility index (Phi) is 3.85. The number of nitrogens with zero attached hydrogens (tertiary/aromatic N) is 2. The largest absolute Gasteiger partial charge is 0.493 e. The van der Waals surface area contributed by atoms with Crippen molar-refractivity contribution in [3.8, 4) is 17.1 Å². The second-order valence-corrected chi connectivity index (χ2v) is 4.37. The second-order valence-electron chi connectivity index (χ2n) is 4.37. The highest BCUT2D eigenvalue weighted by molar-refractivity contribution is 5.89. The molecule has 0 radical (unpaired) electrons. The topological polar surface area (TPSA) is 67.2 Å². The summed E-state index contributed by atoms with van der Waals surface area (Å²) in [5.41, 5.74) is 2.27. The highest BCUT2D eigenvalue weighted by atomic mass is 16.3. The molecule has 0 fully saturated rings. The third-order valence-electron chi connectivity index (χ3n) is 2.67. The first kappa shape index (κ1) is 13.1. The lowest BCUT2D eigenvalue weighted by Crippen LogP contribution is -2.05. The number of hydrogen-bond donors (Lipinski definition) is 2. The quantitative estimate of drug-likeness (QED) is 0.887. The van der Waals surface area contributed by atoms with Gasteiger partial charge in [-0.05, 0) is 18.6 Å². The fourth-order valence-corrected chi connectivity index (χ4v) is 1.88. The van der Waals surface area contributed by atoms with Crippen LogP contribution in [0.1, 0.15) is 20.3 Å². The van der Waals surface area contributed by atoms with Crippen LogP contribution in [0.2, 0.25) is 0 Å². The molecule has 1 amide bonds. The van der Waals surface area contributed by atoms with Gasteiger partial charge in [-0.15, -0.1) is 0 Å². The molecule has 19 heavy (non-hydrogen) atoms. The zero-order chi connectivity index (χ0) is 13.8. The van der Waals surface area contributed by atoms with Gasteiger partial charge in [-0.2, -0.15) is 5.10 Å². The average molecular weight is 259 g/mol. The van der Waals surface area contributed by atoms with Crippen molar-refractivity contribution < 1.29 is 9.90 Å². The molecule has 0 bridgehead atoms. The summed E-state index contributed by atoms with van der Waals surface area (Å²) in [7, 11) is 0. The van der Waals surface area contributed by atoms with Gasteiger partial charge >= 0.3 is 0 Å². The summed E-state index contributed by atoms with van der Waals surface area (Å²) >= 11 is 0. The van der Waals surface area contributed by atoms with E-state index in [9.17, 15) is 9.90 Å². The Balaban J connectivity index is 2.30. The summed E-state index contributed by atoms with van der Waals surface area (Å²) in [6, 6.07) is 9.01. The molecule has 2 rings (SSSR count). The number of carbonyl (C=O) groups is 1. The number of nitrogens with one attached hydrogen (secondary N) is 1. The lowest BCUT2D eigenvalue weighted by molar-refractivity contribution is -0.114. The maximum absolute atomic E-state index is 11.0. The number of hydrogen-bond acceptors (Lipinski definition) is 3. The summed E-state index contributed by atoms with van der Waals surface area (Å²) < 4.78 is 1.57. The van der Waals surface area contributed by atoms with Crippen LogP contribution in [0.15, 0.2) is 30.3 Å². The van der Waals surface area contributed by atoms with E-state index < -0.39 is 0 Å². The van der Waals surface area contributed by atoms with Gasteiger partial charge in [0, 0.05) is 30.8 Å². The maximum atomic E-state index is 11.0. The first-order valence-electron chi connectivity index (χ1n) is 6.25. The van der Waals surface area contributed by atoms with Crippen molar-refractivity contribution in [2.75, 3.05) is 5.32 Å². The van der Waals surface area contributed by atoms with Crippen LogP contribution in [0, 0.1) is 0 Å². The average Bonchev–Trinajstić information content (AvgIpc) is 2.71. The summed E-state index contributed by atoms with van der Waals surface area (Å²) in [4.78, 5) is 11.0. The SMILES string of the molecule is CCCn1nc(-c2cccc(NC(C)=O)c2)cc1O. The van der Waals surface area contributed by atoms with Crippen LogP contribution in [-0.4, -0.2) is 20.8 Å². The summed E-state index contributed by atoms with van der Waals surface area (Å²) in [6.07, 6.45) is 0.903. The van der Waals surface area contributed by atoms with Crippen molar-refractivity contribution in [3.63, 3.8) is 0 Å². The molecule has 1 aromatic heterocycles. The Bertz CT molecular complexity index is 590. The molecule has 0 unspecified atom stereocenters. The van der Waals surface area contributed by atoms with E-state index in [2.05, 4.69) is 10.4 Å². The normalized spacial score (nSPS) is 10.4. The van der Waals surface area contributed by atoms with Crippen LogP contribution in [0.4, 0.5) is 5.69 Å². The van der Waals surface area contributed by atoms with Crippen LogP contribution in [-0.2, 0) is 11.3 Å². The van der Waals surface area contributed by atoms with E-state index in [1.807, 2.05) is 31.2 Å². The van der Waals surface area contributed by atoms with Gasteiger partial charge in [-0.25, -0.2) is 4.68 Å². The van der Waals surface area contributed by atoms with Gasteiger partial charge < -0.3 is 10.4 Å². The molecule has 100 valence electrons. The van der Waals surface area contributed by atoms with Crippen LogP contribution >= 0.6 is 0 Å². The van der Waals surface area contributed by atoms with Gasteiger partial charge in [-0.1, -0.05) is 19.1 Å². The Morgan fingerprint density at radius 2 is 2.21 bits per heavy atom. The summed E-state index contributed by atoms with van der Waals surface area (Å²) in [5.74, 6) is 0.0401. The number of benzene rings is 1. The number of amides is 1. The standard InChI is InChI=1S/C14H17N3O2/c1-3-7-17-14(19)9-13(16-17)11-5-4-6-12(8-11)15-10(2)18/h4-6,8-9,19H,3,7H2,1-2H3,(H,15,18). The minimum Gasteiger partial charge on any atom is -0.493 e. The van der Waals surface area contributed by atoms with Crippen molar-refractivity contribution >= 4 is 11.6 Å². The van der Waals surface area contributed by atoms with Crippen molar-refractivity contribution in [2.45, 2.75) is 26.8 Å². The van der Waals surface area contributed by atoms with Crippen LogP contribution in [0.3, 0.4) is 0 Å². The summed E-state index contributed by atoms with van der Waals surface area (Å²) in [5, 5.41) is 16.8. The Morgan fingerprint density at radius 1 is 1.42 bits per heavy atom. The number of anilines is 1.